The molecule has 112 valence electrons. The van der Waals surface area contributed by atoms with Gasteiger partial charge < -0.3 is 4.74 Å². The molecule has 4 nitrogen and oxygen atoms in total. The lowest BCUT2D eigenvalue weighted by molar-refractivity contribution is -0.0143. The zero-order valence-electron chi connectivity index (χ0n) is 12.4. The average Bonchev–Trinajstić information content (AvgIpc) is 3.01. The van der Waals surface area contributed by atoms with Crippen LogP contribution >= 0.6 is 11.3 Å². The first-order valence-electron chi connectivity index (χ1n) is 7.42. The largest absolute Gasteiger partial charge is 0.378 e. The van der Waals surface area contributed by atoms with Gasteiger partial charge in [0.15, 0.2) is 0 Å². The molecule has 0 unspecified atom stereocenters. The highest BCUT2D eigenvalue weighted by Crippen LogP contribution is 2.18. The number of hydrogen-bond donors (Lipinski definition) is 0. The number of hydrogen-bond acceptors (Lipinski definition) is 5. The van der Waals surface area contributed by atoms with E-state index in [2.05, 4.69) is 31.7 Å². The van der Waals surface area contributed by atoms with Gasteiger partial charge in [-0.25, -0.2) is 0 Å². The van der Waals surface area contributed by atoms with Crippen LogP contribution in [0.3, 0.4) is 0 Å². The smallest absolute Gasteiger partial charge is 0.0622 e. The third kappa shape index (κ3) is 3.87. The average molecular weight is 303 g/mol. The quantitative estimate of drug-likeness (QED) is 0.851. The van der Waals surface area contributed by atoms with Gasteiger partial charge in [-0.15, -0.1) is 0 Å². The van der Waals surface area contributed by atoms with Crippen LogP contribution in [-0.4, -0.2) is 40.7 Å². The van der Waals surface area contributed by atoms with Crippen molar-refractivity contribution in [2.24, 2.45) is 0 Å². The molecule has 3 heterocycles. The highest BCUT2D eigenvalue weighted by molar-refractivity contribution is 7.07. The number of morpholine rings is 1. The van der Waals surface area contributed by atoms with Crippen molar-refractivity contribution in [1.82, 2.24) is 14.9 Å². The maximum Gasteiger partial charge on any atom is 0.0622 e. The van der Waals surface area contributed by atoms with Crippen LogP contribution in [0.4, 0.5) is 0 Å². The van der Waals surface area contributed by atoms with E-state index in [1.54, 1.807) is 23.7 Å². The van der Waals surface area contributed by atoms with E-state index < -0.39 is 0 Å². The fraction of sp³-hybridized carbons (Fsp3) is 0.500. The molecule has 3 rings (SSSR count). The van der Waals surface area contributed by atoms with E-state index in [9.17, 15) is 0 Å². The summed E-state index contributed by atoms with van der Waals surface area (Å²) in [6, 6.07) is 2.68. The minimum atomic E-state index is 0.472. The van der Waals surface area contributed by atoms with Crippen molar-refractivity contribution in [3.8, 4) is 0 Å². The first kappa shape index (κ1) is 14.6. The number of nitrogens with zero attached hydrogens (tertiary/aromatic N) is 3. The van der Waals surface area contributed by atoms with Crippen LogP contribution in [0.2, 0.25) is 0 Å². The summed E-state index contributed by atoms with van der Waals surface area (Å²) in [5.41, 5.74) is 3.56. The van der Waals surface area contributed by atoms with Crippen LogP contribution in [0.5, 0.6) is 0 Å². The van der Waals surface area contributed by atoms with E-state index in [0.29, 0.717) is 6.04 Å². The topological polar surface area (TPSA) is 38.3 Å². The number of thiophene rings is 1. The molecule has 1 atom stereocenters. The van der Waals surface area contributed by atoms with E-state index in [1.807, 2.05) is 6.92 Å². The lowest BCUT2D eigenvalue weighted by Crippen LogP contribution is -2.45. The third-order valence-electron chi connectivity index (χ3n) is 4.01. The van der Waals surface area contributed by atoms with Crippen molar-refractivity contribution in [1.29, 1.82) is 0 Å². The SMILES string of the molecule is Cc1nccnc1CC[C@H]1COCCN1Cc1ccsc1. The molecule has 21 heavy (non-hydrogen) atoms. The Labute approximate surface area is 129 Å². The van der Waals surface area contributed by atoms with Crippen molar-refractivity contribution < 1.29 is 4.74 Å². The van der Waals surface area contributed by atoms with Gasteiger partial charge in [-0.3, -0.25) is 14.9 Å². The van der Waals surface area contributed by atoms with Crippen LogP contribution in [0, 0.1) is 6.92 Å². The van der Waals surface area contributed by atoms with E-state index in [0.717, 1.165) is 50.5 Å². The van der Waals surface area contributed by atoms with Crippen LogP contribution in [0.1, 0.15) is 23.4 Å². The number of rotatable bonds is 5. The molecular formula is C16H21N3OS. The molecule has 0 amide bonds. The molecule has 1 aliphatic rings. The predicted octanol–water partition coefficient (Wildman–Crippen LogP) is 2.68. The Kier molecular flexibility index (Phi) is 4.95. The Morgan fingerprint density at radius 3 is 3.10 bits per heavy atom. The second-order valence-corrected chi connectivity index (χ2v) is 6.24. The van der Waals surface area contributed by atoms with Gasteiger partial charge in [0.1, 0.15) is 0 Å². The van der Waals surface area contributed by atoms with Crippen LogP contribution < -0.4 is 0 Å². The standard InChI is InChI=1S/C16H21N3OS/c1-13-16(18-6-5-17-13)3-2-15-11-20-8-7-19(15)10-14-4-9-21-12-14/h4-6,9,12,15H,2-3,7-8,10-11H2,1H3/t15-/m0/s1. The van der Waals surface area contributed by atoms with Crippen molar-refractivity contribution in [2.45, 2.75) is 32.4 Å². The van der Waals surface area contributed by atoms with Crippen LogP contribution in [0.25, 0.3) is 0 Å². The zero-order valence-corrected chi connectivity index (χ0v) is 13.2. The van der Waals surface area contributed by atoms with Crippen LogP contribution in [-0.2, 0) is 17.7 Å². The van der Waals surface area contributed by atoms with Crippen LogP contribution in [0.15, 0.2) is 29.2 Å². The monoisotopic (exact) mass is 303 g/mol. The maximum atomic E-state index is 5.68. The molecule has 1 aliphatic heterocycles. The minimum absolute atomic E-state index is 0.472. The molecule has 2 aromatic rings. The molecule has 0 radical (unpaired) electrons. The molecule has 0 bridgehead atoms. The second kappa shape index (κ2) is 7.11. The van der Waals surface area contributed by atoms with Gasteiger partial charge in [0.25, 0.3) is 0 Å². The number of ether oxygens (including phenoxy) is 1. The number of aromatic nitrogens is 2. The highest BCUT2D eigenvalue weighted by Gasteiger charge is 2.23. The summed E-state index contributed by atoms with van der Waals surface area (Å²) < 4.78 is 5.68. The Morgan fingerprint density at radius 1 is 1.38 bits per heavy atom. The molecule has 0 spiro atoms. The molecule has 1 fully saturated rings. The van der Waals surface area contributed by atoms with Gasteiger partial charge in [0, 0.05) is 31.5 Å². The van der Waals surface area contributed by atoms with E-state index in [4.69, 9.17) is 4.74 Å². The summed E-state index contributed by atoms with van der Waals surface area (Å²) in [6.07, 6.45) is 5.58. The Bertz CT molecular complexity index is 558. The lowest BCUT2D eigenvalue weighted by Gasteiger charge is -2.35. The van der Waals surface area contributed by atoms with Crippen molar-refractivity contribution in [2.75, 3.05) is 19.8 Å². The Balaban J connectivity index is 1.60. The van der Waals surface area contributed by atoms with Gasteiger partial charge in [-0.2, -0.15) is 11.3 Å². The van der Waals surface area contributed by atoms with E-state index >= 15 is 0 Å². The highest BCUT2D eigenvalue weighted by atomic mass is 32.1. The molecular weight excluding hydrogens is 282 g/mol. The first-order chi connectivity index (χ1) is 10.3. The first-order valence-corrected chi connectivity index (χ1v) is 8.36. The molecule has 0 aliphatic carbocycles. The van der Waals surface area contributed by atoms with Crippen molar-refractivity contribution >= 4 is 11.3 Å². The van der Waals surface area contributed by atoms with Gasteiger partial charge in [0.2, 0.25) is 0 Å². The summed E-state index contributed by atoms with van der Waals surface area (Å²) >= 11 is 1.77. The third-order valence-corrected chi connectivity index (χ3v) is 4.74. The van der Waals surface area contributed by atoms with E-state index in [1.165, 1.54) is 5.56 Å². The summed E-state index contributed by atoms with van der Waals surface area (Å²) in [6.45, 7) is 5.73. The Hall–Kier alpha value is -1.30. The minimum Gasteiger partial charge on any atom is -0.378 e. The summed E-state index contributed by atoms with van der Waals surface area (Å²) in [5.74, 6) is 0. The molecule has 1 saturated heterocycles. The summed E-state index contributed by atoms with van der Waals surface area (Å²) in [7, 11) is 0. The summed E-state index contributed by atoms with van der Waals surface area (Å²) in [5, 5.41) is 4.38. The fourth-order valence-electron chi connectivity index (χ4n) is 2.77. The fourth-order valence-corrected chi connectivity index (χ4v) is 3.43. The number of aryl methyl sites for hydroxylation is 2. The van der Waals surface area contributed by atoms with Crippen molar-refractivity contribution in [3.05, 3.63) is 46.2 Å². The molecule has 5 heteroatoms. The molecule has 0 N–H and O–H groups in total. The second-order valence-electron chi connectivity index (χ2n) is 5.46. The van der Waals surface area contributed by atoms with Gasteiger partial charge in [-0.1, -0.05) is 0 Å². The molecule has 0 aromatic carbocycles. The maximum absolute atomic E-state index is 5.68. The van der Waals surface area contributed by atoms with Gasteiger partial charge in [0.05, 0.1) is 24.6 Å². The zero-order chi connectivity index (χ0) is 14.5. The molecule has 0 saturated carbocycles. The van der Waals surface area contributed by atoms with Gasteiger partial charge >= 0.3 is 0 Å². The summed E-state index contributed by atoms with van der Waals surface area (Å²) in [4.78, 5) is 11.3. The normalized spacial score (nSPS) is 19.8. The van der Waals surface area contributed by atoms with E-state index in [-0.39, 0.29) is 0 Å². The Morgan fingerprint density at radius 2 is 2.29 bits per heavy atom. The van der Waals surface area contributed by atoms with Gasteiger partial charge in [-0.05, 0) is 42.2 Å². The van der Waals surface area contributed by atoms with Crippen molar-refractivity contribution in [3.63, 3.8) is 0 Å². The molecule has 2 aromatic heterocycles. The predicted molar refractivity (Wildman–Crippen MR) is 84.4 cm³/mol. The lowest BCUT2D eigenvalue weighted by atomic mass is 10.1.